The van der Waals surface area contributed by atoms with Crippen molar-refractivity contribution in [1.29, 1.82) is 0 Å². The smallest absolute Gasteiger partial charge is 0.257 e. The molecule has 136 valence electrons. The minimum absolute atomic E-state index is 0.298. The van der Waals surface area contributed by atoms with Crippen LogP contribution in [0.2, 0.25) is 0 Å². The summed E-state index contributed by atoms with van der Waals surface area (Å²) in [5, 5.41) is 5.71. The van der Waals surface area contributed by atoms with Gasteiger partial charge >= 0.3 is 0 Å². The number of nitrogens with one attached hydrogen (secondary N) is 2. The Morgan fingerprint density at radius 1 is 0.889 bits per heavy atom. The molecule has 0 bridgehead atoms. The summed E-state index contributed by atoms with van der Waals surface area (Å²) in [6, 6.07) is 16.7. The van der Waals surface area contributed by atoms with Gasteiger partial charge in [0.1, 0.15) is 0 Å². The second-order valence-corrected chi connectivity index (χ2v) is 6.25. The Kier molecular flexibility index (Phi) is 5.61. The number of anilines is 2. The molecule has 0 atom stereocenters. The Bertz CT molecular complexity index is 983. The Morgan fingerprint density at radius 3 is 2.30 bits per heavy atom. The molecule has 5 heteroatoms. The van der Waals surface area contributed by atoms with Crippen LogP contribution in [0, 0.1) is 6.92 Å². The number of nitrogens with zero attached hydrogens (tertiary/aromatic N) is 1. The molecule has 0 aliphatic heterocycles. The molecule has 1 aromatic heterocycles. The first-order chi connectivity index (χ1) is 13.1. The fraction of sp³-hybridized carbons (Fsp3) is 0.136. The van der Waals surface area contributed by atoms with Crippen molar-refractivity contribution in [3.63, 3.8) is 0 Å². The number of carbonyl (C=O) groups excluding carboxylic acids is 2. The van der Waals surface area contributed by atoms with Gasteiger partial charge in [0.05, 0.1) is 11.1 Å². The van der Waals surface area contributed by atoms with Crippen molar-refractivity contribution < 1.29 is 9.59 Å². The topological polar surface area (TPSA) is 71.1 Å². The number of benzene rings is 2. The Morgan fingerprint density at radius 2 is 1.59 bits per heavy atom. The lowest BCUT2D eigenvalue weighted by atomic mass is 10.1. The van der Waals surface area contributed by atoms with Gasteiger partial charge in [0.2, 0.25) is 0 Å². The molecule has 0 saturated heterocycles. The van der Waals surface area contributed by atoms with Crippen LogP contribution in [0.3, 0.4) is 0 Å². The number of amides is 2. The van der Waals surface area contributed by atoms with E-state index in [4.69, 9.17) is 0 Å². The molecule has 1 heterocycles. The van der Waals surface area contributed by atoms with Crippen LogP contribution in [0.15, 0.2) is 67.0 Å². The highest BCUT2D eigenvalue weighted by Gasteiger charge is 2.13. The molecule has 0 aliphatic rings. The van der Waals surface area contributed by atoms with Crippen molar-refractivity contribution in [2.24, 2.45) is 0 Å². The number of pyridine rings is 1. The van der Waals surface area contributed by atoms with Crippen LogP contribution in [0.25, 0.3) is 0 Å². The quantitative estimate of drug-likeness (QED) is 0.707. The highest BCUT2D eigenvalue weighted by Crippen LogP contribution is 2.17. The minimum atomic E-state index is -0.309. The van der Waals surface area contributed by atoms with Gasteiger partial charge in [-0.3, -0.25) is 14.6 Å². The average Bonchev–Trinajstić information content (AvgIpc) is 2.68. The van der Waals surface area contributed by atoms with E-state index in [0.29, 0.717) is 16.8 Å². The maximum Gasteiger partial charge on any atom is 0.257 e. The molecule has 2 aromatic carbocycles. The van der Waals surface area contributed by atoms with Gasteiger partial charge in [0.15, 0.2) is 0 Å². The van der Waals surface area contributed by atoms with Gasteiger partial charge in [-0.15, -0.1) is 0 Å². The highest BCUT2D eigenvalue weighted by molar-refractivity contribution is 6.08. The highest BCUT2D eigenvalue weighted by atomic mass is 16.2. The number of carbonyl (C=O) groups is 2. The zero-order valence-corrected chi connectivity index (χ0v) is 15.3. The van der Waals surface area contributed by atoms with Crippen molar-refractivity contribution in [3.05, 3.63) is 89.2 Å². The molecule has 0 radical (unpaired) electrons. The van der Waals surface area contributed by atoms with E-state index in [-0.39, 0.29) is 11.8 Å². The van der Waals surface area contributed by atoms with E-state index in [0.717, 1.165) is 23.2 Å². The molecule has 3 aromatic rings. The molecule has 0 saturated carbocycles. The molecule has 2 amide bonds. The maximum atomic E-state index is 12.6. The molecule has 5 nitrogen and oxygen atoms in total. The summed E-state index contributed by atoms with van der Waals surface area (Å²) in [7, 11) is 0. The number of rotatable bonds is 5. The third kappa shape index (κ3) is 4.58. The SMILES string of the molecule is CCc1ccccc1NC(=O)c1cncc(C(=O)Nc2cccc(C)c2)c1. The third-order valence-electron chi connectivity index (χ3n) is 4.19. The van der Waals surface area contributed by atoms with Crippen LogP contribution in [-0.2, 0) is 6.42 Å². The van der Waals surface area contributed by atoms with Crippen LogP contribution < -0.4 is 10.6 Å². The zero-order chi connectivity index (χ0) is 19.2. The van der Waals surface area contributed by atoms with Gasteiger partial charge in [0, 0.05) is 23.8 Å². The summed E-state index contributed by atoms with van der Waals surface area (Å²) in [4.78, 5) is 29.1. The van der Waals surface area contributed by atoms with Gasteiger partial charge in [0.25, 0.3) is 11.8 Å². The molecular weight excluding hydrogens is 338 g/mol. The Hall–Kier alpha value is -3.47. The van der Waals surface area contributed by atoms with E-state index in [2.05, 4.69) is 15.6 Å². The lowest BCUT2D eigenvalue weighted by Crippen LogP contribution is -2.16. The molecule has 2 N–H and O–H groups in total. The standard InChI is InChI=1S/C22H21N3O2/c1-3-16-8-4-5-10-20(16)25-22(27)18-12-17(13-23-14-18)21(26)24-19-9-6-7-15(2)11-19/h4-14H,3H2,1-2H3,(H,24,26)(H,25,27). The number of para-hydroxylation sites is 1. The fourth-order valence-electron chi connectivity index (χ4n) is 2.76. The predicted octanol–water partition coefficient (Wildman–Crippen LogP) is 4.46. The van der Waals surface area contributed by atoms with Crippen molar-refractivity contribution in [3.8, 4) is 0 Å². The zero-order valence-electron chi connectivity index (χ0n) is 15.3. The maximum absolute atomic E-state index is 12.6. The van der Waals surface area contributed by atoms with E-state index in [9.17, 15) is 9.59 Å². The summed E-state index contributed by atoms with van der Waals surface area (Å²) in [6.07, 6.45) is 3.71. The lowest BCUT2D eigenvalue weighted by molar-refractivity contribution is 0.102. The van der Waals surface area contributed by atoms with Crippen LogP contribution in [0.1, 0.15) is 38.8 Å². The van der Waals surface area contributed by atoms with Crippen molar-refractivity contribution in [1.82, 2.24) is 4.98 Å². The van der Waals surface area contributed by atoms with Gasteiger partial charge in [-0.2, -0.15) is 0 Å². The number of hydrogen-bond acceptors (Lipinski definition) is 3. The van der Waals surface area contributed by atoms with E-state index in [1.807, 2.05) is 62.4 Å². The fourth-order valence-corrected chi connectivity index (χ4v) is 2.76. The second kappa shape index (κ2) is 8.27. The summed E-state index contributed by atoms with van der Waals surface area (Å²) in [6.45, 7) is 3.99. The summed E-state index contributed by atoms with van der Waals surface area (Å²) >= 11 is 0. The van der Waals surface area contributed by atoms with E-state index in [1.165, 1.54) is 12.4 Å². The molecule has 0 aliphatic carbocycles. The van der Waals surface area contributed by atoms with Crippen LogP contribution in [0.4, 0.5) is 11.4 Å². The monoisotopic (exact) mass is 359 g/mol. The summed E-state index contributed by atoms with van der Waals surface area (Å²) < 4.78 is 0. The minimum Gasteiger partial charge on any atom is -0.322 e. The number of aromatic nitrogens is 1. The first kappa shape index (κ1) is 18.3. The molecular formula is C22H21N3O2. The Labute approximate surface area is 158 Å². The lowest BCUT2D eigenvalue weighted by Gasteiger charge is -2.10. The second-order valence-electron chi connectivity index (χ2n) is 6.25. The summed E-state index contributed by atoms with van der Waals surface area (Å²) in [5.74, 6) is -0.606. The first-order valence-corrected chi connectivity index (χ1v) is 8.79. The van der Waals surface area contributed by atoms with Gasteiger partial charge in [-0.25, -0.2) is 0 Å². The molecule has 0 fully saturated rings. The van der Waals surface area contributed by atoms with Crippen LogP contribution in [0.5, 0.6) is 0 Å². The third-order valence-corrected chi connectivity index (χ3v) is 4.19. The largest absolute Gasteiger partial charge is 0.322 e. The predicted molar refractivity (Wildman–Crippen MR) is 107 cm³/mol. The van der Waals surface area contributed by atoms with E-state index in [1.54, 1.807) is 6.07 Å². The molecule has 0 spiro atoms. The first-order valence-electron chi connectivity index (χ1n) is 8.79. The van der Waals surface area contributed by atoms with E-state index < -0.39 is 0 Å². The number of aryl methyl sites for hydroxylation is 2. The van der Waals surface area contributed by atoms with Gasteiger partial charge in [-0.1, -0.05) is 37.3 Å². The van der Waals surface area contributed by atoms with Gasteiger partial charge < -0.3 is 10.6 Å². The van der Waals surface area contributed by atoms with Gasteiger partial charge in [-0.05, 0) is 48.7 Å². The van der Waals surface area contributed by atoms with Crippen LogP contribution in [-0.4, -0.2) is 16.8 Å². The molecule has 0 unspecified atom stereocenters. The summed E-state index contributed by atoms with van der Waals surface area (Å²) in [5.41, 5.74) is 4.22. The average molecular weight is 359 g/mol. The van der Waals surface area contributed by atoms with Crippen LogP contribution >= 0.6 is 0 Å². The molecule has 3 rings (SSSR count). The van der Waals surface area contributed by atoms with E-state index >= 15 is 0 Å². The molecule has 27 heavy (non-hydrogen) atoms. The normalized spacial score (nSPS) is 10.3. The van der Waals surface area contributed by atoms with Crippen molar-refractivity contribution in [2.75, 3.05) is 10.6 Å². The Balaban J connectivity index is 1.76. The van der Waals surface area contributed by atoms with Crippen molar-refractivity contribution >= 4 is 23.2 Å². The van der Waals surface area contributed by atoms with Crippen molar-refractivity contribution in [2.45, 2.75) is 20.3 Å². The number of hydrogen-bond donors (Lipinski definition) is 2.